The van der Waals surface area contributed by atoms with Gasteiger partial charge in [-0.25, -0.2) is 4.98 Å². The molecule has 2 N–H and O–H groups in total. The van der Waals surface area contributed by atoms with E-state index in [-0.39, 0.29) is 5.54 Å². The van der Waals surface area contributed by atoms with Crippen molar-refractivity contribution in [2.75, 3.05) is 0 Å². The van der Waals surface area contributed by atoms with Crippen LogP contribution < -0.4 is 5.73 Å². The van der Waals surface area contributed by atoms with E-state index >= 15 is 0 Å². The quantitative estimate of drug-likeness (QED) is 0.748. The number of nitrogens with two attached hydrogens (primary N) is 1. The monoisotopic (exact) mass is 193 g/mol. The number of aryl methyl sites for hydroxylation is 1. The Bertz CT molecular complexity index is 464. The number of rotatable bonds is 1. The van der Waals surface area contributed by atoms with Gasteiger partial charge in [-0.15, -0.1) is 11.3 Å². The molecule has 1 aliphatic rings. The van der Waals surface area contributed by atoms with Crippen molar-refractivity contribution >= 4 is 16.3 Å². The number of fused-ring (bicyclic) bond motifs is 1. The van der Waals surface area contributed by atoms with Crippen molar-refractivity contribution in [3.05, 3.63) is 23.0 Å². The van der Waals surface area contributed by atoms with Gasteiger partial charge in [0.1, 0.15) is 0 Å². The minimum Gasteiger partial charge on any atom is -0.320 e. The highest BCUT2D eigenvalue weighted by atomic mass is 32.1. The molecular weight excluding hydrogens is 182 g/mol. The predicted molar refractivity (Wildman–Crippen MR) is 52.9 cm³/mol. The molecule has 68 valence electrons. The molecule has 0 saturated heterocycles. The Morgan fingerprint density at radius 1 is 1.62 bits per heavy atom. The topological polar surface area (TPSA) is 43.3 Å². The van der Waals surface area contributed by atoms with Crippen molar-refractivity contribution in [2.45, 2.75) is 25.3 Å². The molecule has 13 heavy (non-hydrogen) atoms. The zero-order valence-electron chi connectivity index (χ0n) is 7.45. The summed E-state index contributed by atoms with van der Waals surface area (Å²) in [5.74, 6) is 0. The molecular formula is C9H11N3S. The van der Waals surface area contributed by atoms with Crippen LogP contribution in [0.2, 0.25) is 0 Å². The van der Waals surface area contributed by atoms with Crippen LogP contribution in [0.1, 0.15) is 24.2 Å². The molecule has 0 amide bonds. The average molecular weight is 193 g/mol. The van der Waals surface area contributed by atoms with Gasteiger partial charge in [-0.1, -0.05) is 0 Å². The van der Waals surface area contributed by atoms with E-state index in [0.717, 1.165) is 17.8 Å². The van der Waals surface area contributed by atoms with Crippen molar-refractivity contribution in [3.63, 3.8) is 0 Å². The van der Waals surface area contributed by atoms with E-state index < -0.39 is 0 Å². The second kappa shape index (κ2) is 2.13. The minimum atomic E-state index is -0.0781. The van der Waals surface area contributed by atoms with Crippen LogP contribution in [0.25, 0.3) is 4.96 Å². The van der Waals surface area contributed by atoms with E-state index in [9.17, 15) is 0 Å². The van der Waals surface area contributed by atoms with Gasteiger partial charge < -0.3 is 5.73 Å². The highest BCUT2D eigenvalue weighted by molar-refractivity contribution is 7.15. The standard InChI is InChI=1S/C9H11N3S/c1-6-5-13-8-11-4-7(12(6)8)9(10)2-3-9/h4-5H,2-3,10H2,1H3. The highest BCUT2D eigenvalue weighted by Crippen LogP contribution is 2.43. The molecule has 0 spiro atoms. The lowest BCUT2D eigenvalue weighted by Crippen LogP contribution is -2.20. The van der Waals surface area contributed by atoms with Gasteiger partial charge in [0.25, 0.3) is 0 Å². The number of hydrogen-bond acceptors (Lipinski definition) is 3. The molecule has 4 heteroatoms. The first-order valence-electron chi connectivity index (χ1n) is 4.42. The summed E-state index contributed by atoms with van der Waals surface area (Å²) in [7, 11) is 0. The van der Waals surface area contributed by atoms with Crippen molar-refractivity contribution in [2.24, 2.45) is 5.73 Å². The summed E-state index contributed by atoms with van der Waals surface area (Å²) >= 11 is 1.67. The second-order valence-corrected chi connectivity index (χ2v) is 4.63. The summed E-state index contributed by atoms with van der Waals surface area (Å²) in [6.45, 7) is 2.10. The fourth-order valence-corrected chi connectivity index (χ4v) is 2.53. The summed E-state index contributed by atoms with van der Waals surface area (Å²) < 4.78 is 2.18. The first-order valence-corrected chi connectivity index (χ1v) is 5.30. The molecule has 2 heterocycles. The lowest BCUT2D eigenvalue weighted by atomic mass is 10.2. The minimum absolute atomic E-state index is 0.0781. The Balaban J connectivity index is 2.33. The van der Waals surface area contributed by atoms with Gasteiger partial charge in [-0.2, -0.15) is 0 Å². The van der Waals surface area contributed by atoms with E-state index in [2.05, 4.69) is 21.7 Å². The maximum absolute atomic E-state index is 6.15. The summed E-state index contributed by atoms with van der Waals surface area (Å²) in [6, 6.07) is 0. The van der Waals surface area contributed by atoms with Crippen molar-refractivity contribution in [1.29, 1.82) is 0 Å². The number of thiazole rings is 1. The molecule has 0 aliphatic heterocycles. The molecule has 0 radical (unpaired) electrons. The number of aromatic nitrogens is 2. The van der Waals surface area contributed by atoms with Gasteiger partial charge in [0.15, 0.2) is 4.96 Å². The summed E-state index contributed by atoms with van der Waals surface area (Å²) in [6.07, 6.45) is 4.11. The number of hydrogen-bond donors (Lipinski definition) is 1. The largest absolute Gasteiger partial charge is 0.320 e. The van der Waals surface area contributed by atoms with E-state index in [0.29, 0.717) is 0 Å². The van der Waals surface area contributed by atoms with Crippen molar-refractivity contribution in [3.8, 4) is 0 Å². The molecule has 0 aromatic carbocycles. The normalized spacial score (nSPS) is 19.5. The van der Waals surface area contributed by atoms with E-state index in [1.165, 1.54) is 11.4 Å². The first kappa shape index (κ1) is 7.53. The maximum Gasteiger partial charge on any atom is 0.194 e. The fourth-order valence-electron chi connectivity index (χ4n) is 1.69. The lowest BCUT2D eigenvalue weighted by Gasteiger charge is -2.07. The van der Waals surface area contributed by atoms with E-state index in [4.69, 9.17) is 5.73 Å². The van der Waals surface area contributed by atoms with Crippen LogP contribution >= 0.6 is 11.3 Å². The Hall–Kier alpha value is -0.870. The number of imidazole rings is 1. The lowest BCUT2D eigenvalue weighted by molar-refractivity contribution is 0.695. The zero-order valence-corrected chi connectivity index (χ0v) is 8.27. The van der Waals surface area contributed by atoms with Gasteiger partial charge in [0.05, 0.1) is 17.4 Å². The van der Waals surface area contributed by atoms with Crippen LogP contribution in [0.15, 0.2) is 11.6 Å². The molecule has 1 fully saturated rings. The third-order valence-electron chi connectivity index (χ3n) is 2.72. The predicted octanol–water partition coefficient (Wildman–Crippen LogP) is 1.65. The summed E-state index contributed by atoms with van der Waals surface area (Å²) in [4.78, 5) is 5.41. The van der Waals surface area contributed by atoms with Gasteiger partial charge in [-0.3, -0.25) is 4.40 Å². The third-order valence-corrected chi connectivity index (χ3v) is 3.67. The van der Waals surface area contributed by atoms with Crippen molar-refractivity contribution in [1.82, 2.24) is 9.38 Å². The van der Waals surface area contributed by atoms with E-state index in [1.807, 2.05) is 6.20 Å². The second-order valence-electron chi connectivity index (χ2n) is 3.79. The summed E-state index contributed by atoms with van der Waals surface area (Å²) in [5.41, 5.74) is 8.49. The molecule has 3 nitrogen and oxygen atoms in total. The summed E-state index contributed by atoms with van der Waals surface area (Å²) in [5, 5.41) is 2.12. The van der Waals surface area contributed by atoms with Crippen LogP contribution in [-0.4, -0.2) is 9.38 Å². The Kier molecular flexibility index (Phi) is 1.24. The molecule has 2 aromatic rings. The van der Waals surface area contributed by atoms with Gasteiger partial charge in [-0.05, 0) is 19.8 Å². The third kappa shape index (κ3) is 0.899. The smallest absolute Gasteiger partial charge is 0.194 e. The molecule has 1 saturated carbocycles. The average Bonchev–Trinajstić information content (AvgIpc) is 2.62. The fraction of sp³-hybridized carbons (Fsp3) is 0.444. The Labute approximate surface area is 80.2 Å². The van der Waals surface area contributed by atoms with Crippen LogP contribution in [0.5, 0.6) is 0 Å². The van der Waals surface area contributed by atoms with Gasteiger partial charge in [0.2, 0.25) is 0 Å². The number of nitrogens with zero attached hydrogens (tertiary/aromatic N) is 2. The van der Waals surface area contributed by atoms with Crippen molar-refractivity contribution < 1.29 is 0 Å². The van der Waals surface area contributed by atoms with Crippen LogP contribution in [0.4, 0.5) is 0 Å². The Morgan fingerprint density at radius 2 is 2.38 bits per heavy atom. The molecule has 1 aliphatic carbocycles. The van der Waals surface area contributed by atoms with Gasteiger partial charge >= 0.3 is 0 Å². The van der Waals surface area contributed by atoms with Crippen LogP contribution in [0.3, 0.4) is 0 Å². The first-order chi connectivity index (χ1) is 6.21. The Morgan fingerprint density at radius 3 is 3.08 bits per heavy atom. The van der Waals surface area contributed by atoms with Crippen LogP contribution in [0, 0.1) is 6.92 Å². The molecule has 3 rings (SSSR count). The van der Waals surface area contributed by atoms with Gasteiger partial charge in [0, 0.05) is 11.1 Å². The maximum atomic E-state index is 6.15. The molecule has 0 atom stereocenters. The highest BCUT2D eigenvalue weighted by Gasteiger charge is 2.42. The molecule has 2 aromatic heterocycles. The SMILES string of the molecule is Cc1csc2ncc(C3(N)CC3)n12. The van der Waals surface area contributed by atoms with E-state index in [1.54, 1.807) is 11.3 Å². The molecule has 0 bridgehead atoms. The molecule has 0 unspecified atom stereocenters. The zero-order chi connectivity index (χ0) is 9.05. The van der Waals surface area contributed by atoms with Crippen LogP contribution in [-0.2, 0) is 5.54 Å².